The predicted octanol–water partition coefficient (Wildman–Crippen LogP) is 4.73. The Morgan fingerprint density at radius 1 is 1.19 bits per heavy atom. The van der Waals surface area contributed by atoms with Gasteiger partial charge in [-0.2, -0.15) is 0 Å². The number of amides is 1. The molecule has 1 amide bonds. The molecule has 0 spiro atoms. The third kappa shape index (κ3) is 3.62. The second-order valence-corrected chi connectivity index (χ2v) is 8.49. The summed E-state index contributed by atoms with van der Waals surface area (Å²) in [6.07, 6.45) is 2.76. The first-order valence-electron chi connectivity index (χ1n) is 9.51. The Morgan fingerprint density at radius 2 is 1.89 bits per heavy atom. The summed E-state index contributed by atoms with van der Waals surface area (Å²) in [4.78, 5) is 18.8. The summed E-state index contributed by atoms with van der Waals surface area (Å²) in [6.45, 7) is 6.48. The van der Waals surface area contributed by atoms with Crippen LogP contribution in [0.1, 0.15) is 56.4 Å². The molecule has 1 saturated carbocycles. The molecule has 4 nitrogen and oxygen atoms in total. The third-order valence-corrected chi connectivity index (χ3v) is 5.13. The smallest absolute Gasteiger partial charge is 0.410 e. The first-order valence-corrected chi connectivity index (χ1v) is 9.51. The Morgan fingerprint density at radius 3 is 2.56 bits per heavy atom. The van der Waals surface area contributed by atoms with Crippen LogP contribution in [0.2, 0.25) is 0 Å². The predicted molar refractivity (Wildman–Crippen MR) is 98.8 cm³/mol. The Balaban J connectivity index is 1.67. The van der Waals surface area contributed by atoms with Crippen molar-refractivity contribution in [3.63, 3.8) is 0 Å². The summed E-state index contributed by atoms with van der Waals surface area (Å²) in [5, 5.41) is 0.251. The Hall–Kier alpha value is -2.24. The van der Waals surface area contributed by atoms with Crippen molar-refractivity contribution < 1.29 is 18.3 Å². The average Bonchev–Trinajstić information content (AvgIpc) is 3.42. The SMILES string of the molecule is CC(C)(C)OC(=O)N1CCc2cc3c(F)c(F)cc(C4CC4)c3nc2CC1. The van der Waals surface area contributed by atoms with Gasteiger partial charge in [0.05, 0.1) is 5.52 Å². The fourth-order valence-corrected chi connectivity index (χ4v) is 3.63. The van der Waals surface area contributed by atoms with Crippen molar-refractivity contribution in [3.8, 4) is 0 Å². The number of hydrogen-bond donors (Lipinski definition) is 0. The lowest BCUT2D eigenvalue weighted by molar-refractivity contribution is 0.0258. The van der Waals surface area contributed by atoms with Gasteiger partial charge < -0.3 is 9.64 Å². The monoisotopic (exact) mass is 374 g/mol. The van der Waals surface area contributed by atoms with Gasteiger partial charge in [-0.3, -0.25) is 4.98 Å². The molecular formula is C21H24F2N2O2. The van der Waals surface area contributed by atoms with Crippen LogP contribution in [0.5, 0.6) is 0 Å². The van der Waals surface area contributed by atoms with E-state index in [2.05, 4.69) is 0 Å². The molecule has 4 rings (SSSR count). The van der Waals surface area contributed by atoms with E-state index in [4.69, 9.17) is 9.72 Å². The quantitative estimate of drug-likeness (QED) is 0.725. The van der Waals surface area contributed by atoms with E-state index in [9.17, 15) is 13.6 Å². The molecule has 0 atom stereocenters. The number of pyridine rings is 1. The van der Waals surface area contributed by atoms with Crippen LogP contribution in [0.3, 0.4) is 0 Å². The molecule has 2 aliphatic rings. The van der Waals surface area contributed by atoms with Gasteiger partial charge in [0, 0.05) is 30.6 Å². The van der Waals surface area contributed by atoms with Gasteiger partial charge >= 0.3 is 6.09 Å². The molecule has 2 aromatic rings. The third-order valence-electron chi connectivity index (χ3n) is 5.13. The number of nitrogens with zero attached hydrogens (tertiary/aromatic N) is 2. The molecule has 0 saturated heterocycles. The fraction of sp³-hybridized carbons (Fsp3) is 0.524. The van der Waals surface area contributed by atoms with Gasteiger partial charge in [0.1, 0.15) is 5.60 Å². The number of fused-ring (bicyclic) bond motifs is 2. The summed E-state index contributed by atoms with van der Waals surface area (Å²) >= 11 is 0. The topological polar surface area (TPSA) is 42.4 Å². The van der Waals surface area contributed by atoms with E-state index in [0.717, 1.165) is 29.7 Å². The minimum Gasteiger partial charge on any atom is -0.444 e. The van der Waals surface area contributed by atoms with Gasteiger partial charge in [-0.05, 0) is 69.2 Å². The summed E-state index contributed by atoms with van der Waals surface area (Å²) in [6, 6.07) is 3.03. The van der Waals surface area contributed by atoms with Gasteiger partial charge in [-0.15, -0.1) is 0 Å². The van der Waals surface area contributed by atoms with Gasteiger partial charge in [0.15, 0.2) is 11.6 Å². The largest absolute Gasteiger partial charge is 0.444 e. The maximum atomic E-state index is 14.4. The minimum atomic E-state index is -0.835. The summed E-state index contributed by atoms with van der Waals surface area (Å²) in [7, 11) is 0. The normalized spacial score (nSPS) is 17.6. The van der Waals surface area contributed by atoms with Crippen molar-refractivity contribution in [3.05, 3.63) is 40.6 Å². The summed E-state index contributed by atoms with van der Waals surface area (Å²) in [5.74, 6) is -1.37. The zero-order valence-corrected chi connectivity index (χ0v) is 15.9. The molecule has 1 aromatic carbocycles. The molecular weight excluding hydrogens is 350 g/mol. The first-order chi connectivity index (χ1) is 12.7. The van der Waals surface area contributed by atoms with Gasteiger partial charge in [-0.25, -0.2) is 13.6 Å². The van der Waals surface area contributed by atoms with E-state index >= 15 is 0 Å². The molecule has 0 radical (unpaired) electrons. The summed E-state index contributed by atoms with van der Waals surface area (Å²) in [5.41, 5.74) is 2.56. The highest BCUT2D eigenvalue weighted by atomic mass is 19.2. The van der Waals surface area contributed by atoms with E-state index in [1.165, 1.54) is 6.07 Å². The molecule has 1 aliphatic heterocycles. The van der Waals surface area contributed by atoms with E-state index in [1.807, 2.05) is 20.8 Å². The molecule has 1 aromatic heterocycles. The number of benzene rings is 1. The molecule has 27 heavy (non-hydrogen) atoms. The van der Waals surface area contributed by atoms with E-state index in [1.54, 1.807) is 11.0 Å². The molecule has 0 N–H and O–H groups in total. The number of halogens is 2. The standard InChI is InChI=1S/C21H24F2N2O2/c1-21(2,3)27-20(26)25-8-6-13-10-15-18(23)16(22)11-14(12-4-5-12)19(15)24-17(13)7-9-25/h10-12H,4-9H2,1-3H3. The zero-order chi connectivity index (χ0) is 19.3. The highest BCUT2D eigenvalue weighted by Gasteiger charge is 2.30. The Bertz CT molecular complexity index is 917. The maximum absolute atomic E-state index is 14.4. The molecule has 1 fully saturated rings. The highest BCUT2D eigenvalue weighted by molar-refractivity contribution is 5.84. The van der Waals surface area contributed by atoms with Crippen molar-refractivity contribution in [1.82, 2.24) is 9.88 Å². The van der Waals surface area contributed by atoms with E-state index in [0.29, 0.717) is 31.4 Å². The van der Waals surface area contributed by atoms with Gasteiger partial charge in [-0.1, -0.05) is 0 Å². The van der Waals surface area contributed by atoms with E-state index < -0.39 is 17.2 Å². The molecule has 0 unspecified atom stereocenters. The number of rotatable bonds is 1. The number of carbonyl (C=O) groups excluding carboxylic acids is 1. The highest BCUT2D eigenvalue weighted by Crippen LogP contribution is 2.44. The van der Waals surface area contributed by atoms with Crippen LogP contribution in [-0.4, -0.2) is 34.7 Å². The van der Waals surface area contributed by atoms with Gasteiger partial charge in [0.2, 0.25) is 0 Å². The fourth-order valence-electron chi connectivity index (χ4n) is 3.63. The Kier molecular flexibility index (Phi) is 4.32. The van der Waals surface area contributed by atoms with Crippen molar-refractivity contribution in [2.45, 2.75) is 58.0 Å². The van der Waals surface area contributed by atoms with Crippen LogP contribution in [0.4, 0.5) is 13.6 Å². The second kappa shape index (κ2) is 6.43. The van der Waals surface area contributed by atoms with Gasteiger partial charge in [0.25, 0.3) is 0 Å². The van der Waals surface area contributed by atoms with Crippen molar-refractivity contribution in [1.29, 1.82) is 0 Å². The molecule has 2 heterocycles. The molecule has 6 heteroatoms. The Labute approximate surface area is 157 Å². The van der Waals surface area contributed by atoms with Crippen LogP contribution < -0.4 is 0 Å². The van der Waals surface area contributed by atoms with Crippen molar-refractivity contribution >= 4 is 17.0 Å². The van der Waals surface area contributed by atoms with Crippen molar-refractivity contribution in [2.24, 2.45) is 0 Å². The van der Waals surface area contributed by atoms with Crippen LogP contribution in [0.15, 0.2) is 12.1 Å². The maximum Gasteiger partial charge on any atom is 0.410 e. The first kappa shape index (κ1) is 18.1. The number of carbonyl (C=O) groups is 1. The molecule has 0 bridgehead atoms. The van der Waals surface area contributed by atoms with E-state index in [-0.39, 0.29) is 17.4 Å². The second-order valence-electron chi connectivity index (χ2n) is 8.49. The number of ether oxygens (including phenoxy) is 1. The van der Waals surface area contributed by atoms with Crippen LogP contribution in [-0.2, 0) is 17.6 Å². The van der Waals surface area contributed by atoms with Crippen molar-refractivity contribution in [2.75, 3.05) is 13.1 Å². The lowest BCUT2D eigenvalue weighted by Crippen LogP contribution is -2.38. The number of aromatic nitrogens is 1. The lowest BCUT2D eigenvalue weighted by Gasteiger charge is -2.26. The average molecular weight is 374 g/mol. The lowest BCUT2D eigenvalue weighted by atomic mass is 10.0. The minimum absolute atomic E-state index is 0.251. The molecule has 144 valence electrons. The zero-order valence-electron chi connectivity index (χ0n) is 15.9. The number of hydrogen-bond acceptors (Lipinski definition) is 3. The van der Waals surface area contributed by atoms with Crippen LogP contribution in [0, 0.1) is 11.6 Å². The van der Waals surface area contributed by atoms with Crippen LogP contribution >= 0.6 is 0 Å². The molecule has 1 aliphatic carbocycles. The summed E-state index contributed by atoms with van der Waals surface area (Å²) < 4.78 is 33.9. The van der Waals surface area contributed by atoms with Crippen LogP contribution in [0.25, 0.3) is 10.9 Å².